The van der Waals surface area contributed by atoms with Gasteiger partial charge in [0.05, 0.1) is 11.4 Å². The van der Waals surface area contributed by atoms with Gasteiger partial charge in [0.25, 0.3) is 5.91 Å². The lowest BCUT2D eigenvalue weighted by atomic mass is 10.1. The first-order chi connectivity index (χ1) is 9.50. The maximum atomic E-state index is 12.5. The molecule has 0 aliphatic heterocycles. The van der Waals surface area contributed by atoms with E-state index >= 15 is 0 Å². The van der Waals surface area contributed by atoms with Crippen LogP contribution in [0.3, 0.4) is 0 Å². The second kappa shape index (κ2) is 5.81. The fourth-order valence-corrected chi connectivity index (χ4v) is 2.04. The van der Waals surface area contributed by atoms with Crippen molar-refractivity contribution in [1.82, 2.24) is 20.0 Å². The van der Waals surface area contributed by atoms with E-state index in [0.29, 0.717) is 23.4 Å². The molecule has 0 radical (unpaired) electrons. The standard InChI is InChI=1S/C14H18N4O2/c1-9(7-12-8-15-5-6-16-12)18(4)14(19)13-10(2)17-20-11(13)3/h5-6,8-9H,7H2,1-4H3. The zero-order valence-electron chi connectivity index (χ0n) is 12.1. The van der Waals surface area contributed by atoms with Gasteiger partial charge in [-0.25, -0.2) is 0 Å². The highest BCUT2D eigenvalue weighted by Gasteiger charge is 2.24. The number of hydrogen-bond donors (Lipinski definition) is 0. The normalized spacial score (nSPS) is 12.2. The summed E-state index contributed by atoms with van der Waals surface area (Å²) in [6.07, 6.45) is 5.65. The fraction of sp³-hybridized carbons (Fsp3) is 0.429. The van der Waals surface area contributed by atoms with Crippen molar-refractivity contribution in [2.75, 3.05) is 7.05 Å². The van der Waals surface area contributed by atoms with E-state index in [9.17, 15) is 4.79 Å². The zero-order valence-corrected chi connectivity index (χ0v) is 12.1. The Balaban J connectivity index is 2.11. The monoisotopic (exact) mass is 274 g/mol. The molecule has 1 amide bonds. The SMILES string of the molecule is Cc1noc(C)c1C(=O)N(C)C(C)Cc1cnccn1. The average Bonchev–Trinajstić information content (AvgIpc) is 2.77. The minimum Gasteiger partial charge on any atom is -0.361 e. The first-order valence-electron chi connectivity index (χ1n) is 6.45. The number of carbonyl (C=O) groups is 1. The molecule has 1 atom stereocenters. The van der Waals surface area contributed by atoms with Crippen molar-refractivity contribution >= 4 is 5.91 Å². The quantitative estimate of drug-likeness (QED) is 0.849. The highest BCUT2D eigenvalue weighted by molar-refractivity contribution is 5.96. The van der Waals surface area contributed by atoms with Gasteiger partial charge in [0, 0.05) is 38.1 Å². The first kappa shape index (κ1) is 14.2. The van der Waals surface area contributed by atoms with Gasteiger partial charge in [-0.1, -0.05) is 5.16 Å². The number of rotatable bonds is 4. The molecule has 6 nitrogen and oxygen atoms in total. The zero-order chi connectivity index (χ0) is 14.7. The van der Waals surface area contributed by atoms with Crippen molar-refractivity contribution in [2.45, 2.75) is 33.2 Å². The summed E-state index contributed by atoms with van der Waals surface area (Å²) in [5.74, 6) is 0.462. The molecule has 0 saturated heterocycles. The van der Waals surface area contributed by atoms with E-state index in [2.05, 4.69) is 15.1 Å². The van der Waals surface area contributed by atoms with Crippen LogP contribution in [0, 0.1) is 13.8 Å². The van der Waals surface area contributed by atoms with Crippen molar-refractivity contribution in [3.63, 3.8) is 0 Å². The average molecular weight is 274 g/mol. The van der Waals surface area contributed by atoms with Gasteiger partial charge in [0.1, 0.15) is 11.3 Å². The van der Waals surface area contributed by atoms with Crippen molar-refractivity contribution < 1.29 is 9.32 Å². The Morgan fingerprint density at radius 3 is 2.70 bits per heavy atom. The lowest BCUT2D eigenvalue weighted by molar-refractivity contribution is 0.0740. The van der Waals surface area contributed by atoms with Crippen LogP contribution in [-0.2, 0) is 6.42 Å². The van der Waals surface area contributed by atoms with Gasteiger partial charge in [-0.15, -0.1) is 0 Å². The molecule has 0 aliphatic rings. The lowest BCUT2D eigenvalue weighted by Crippen LogP contribution is -2.37. The van der Waals surface area contributed by atoms with Crippen LogP contribution in [-0.4, -0.2) is 39.0 Å². The number of amides is 1. The Labute approximate surface area is 117 Å². The van der Waals surface area contributed by atoms with Gasteiger partial charge < -0.3 is 9.42 Å². The van der Waals surface area contributed by atoms with E-state index in [1.54, 1.807) is 44.4 Å². The van der Waals surface area contributed by atoms with Crippen LogP contribution < -0.4 is 0 Å². The Kier molecular flexibility index (Phi) is 4.12. The third kappa shape index (κ3) is 2.84. The van der Waals surface area contributed by atoms with Gasteiger partial charge in [0.2, 0.25) is 0 Å². The second-order valence-corrected chi connectivity index (χ2v) is 4.87. The van der Waals surface area contributed by atoms with Crippen LogP contribution in [0.1, 0.15) is 34.4 Å². The van der Waals surface area contributed by atoms with Crippen LogP contribution in [0.5, 0.6) is 0 Å². The fourth-order valence-electron chi connectivity index (χ4n) is 2.04. The van der Waals surface area contributed by atoms with Crippen molar-refractivity contribution in [1.29, 1.82) is 0 Å². The van der Waals surface area contributed by atoms with Crippen LogP contribution >= 0.6 is 0 Å². The molecule has 0 aliphatic carbocycles. The van der Waals surface area contributed by atoms with Gasteiger partial charge in [-0.2, -0.15) is 0 Å². The molecule has 0 saturated carbocycles. The molecular weight excluding hydrogens is 256 g/mol. The Bertz CT molecular complexity index is 575. The van der Waals surface area contributed by atoms with E-state index in [0.717, 1.165) is 5.69 Å². The molecule has 2 aromatic rings. The maximum Gasteiger partial charge on any atom is 0.259 e. The number of likely N-dealkylation sites (N-methyl/N-ethyl adjacent to an activating group) is 1. The molecule has 6 heteroatoms. The summed E-state index contributed by atoms with van der Waals surface area (Å²) in [6, 6.07) is 0.00731. The van der Waals surface area contributed by atoms with E-state index in [1.165, 1.54) is 0 Å². The summed E-state index contributed by atoms with van der Waals surface area (Å²) in [5.41, 5.74) is 2.02. The summed E-state index contributed by atoms with van der Waals surface area (Å²) in [5, 5.41) is 3.82. The van der Waals surface area contributed by atoms with Gasteiger partial charge in [-0.3, -0.25) is 14.8 Å². The molecule has 0 spiro atoms. The molecule has 0 aromatic carbocycles. The van der Waals surface area contributed by atoms with E-state index in [4.69, 9.17) is 4.52 Å². The van der Waals surface area contributed by atoms with Crippen molar-refractivity contribution in [3.05, 3.63) is 41.3 Å². The summed E-state index contributed by atoms with van der Waals surface area (Å²) < 4.78 is 5.04. The van der Waals surface area contributed by atoms with Gasteiger partial charge in [0.15, 0.2) is 0 Å². The topological polar surface area (TPSA) is 72.1 Å². The van der Waals surface area contributed by atoms with Gasteiger partial charge in [-0.05, 0) is 20.8 Å². The largest absolute Gasteiger partial charge is 0.361 e. The number of aryl methyl sites for hydroxylation is 2. The molecule has 2 heterocycles. The molecule has 20 heavy (non-hydrogen) atoms. The molecule has 0 N–H and O–H groups in total. The summed E-state index contributed by atoms with van der Waals surface area (Å²) in [4.78, 5) is 22.4. The van der Waals surface area contributed by atoms with Crippen molar-refractivity contribution in [3.8, 4) is 0 Å². The molecule has 2 aromatic heterocycles. The number of aromatic nitrogens is 3. The van der Waals surface area contributed by atoms with E-state index < -0.39 is 0 Å². The molecule has 2 rings (SSSR count). The summed E-state index contributed by atoms with van der Waals surface area (Å²) in [7, 11) is 1.77. The minimum atomic E-state index is -0.0855. The number of hydrogen-bond acceptors (Lipinski definition) is 5. The predicted molar refractivity (Wildman–Crippen MR) is 73.3 cm³/mol. The molecule has 106 valence electrons. The summed E-state index contributed by atoms with van der Waals surface area (Å²) in [6.45, 7) is 5.49. The third-order valence-corrected chi connectivity index (χ3v) is 3.35. The van der Waals surface area contributed by atoms with Crippen LogP contribution in [0.2, 0.25) is 0 Å². The summed E-state index contributed by atoms with van der Waals surface area (Å²) >= 11 is 0. The van der Waals surface area contributed by atoms with Crippen LogP contribution in [0.25, 0.3) is 0 Å². The first-order valence-corrected chi connectivity index (χ1v) is 6.45. The molecular formula is C14H18N4O2. The van der Waals surface area contributed by atoms with Gasteiger partial charge >= 0.3 is 0 Å². The molecule has 0 bridgehead atoms. The maximum absolute atomic E-state index is 12.5. The number of nitrogens with zero attached hydrogens (tertiary/aromatic N) is 4. The molecule has 0 fully saturated rings. The van der Waals surface area contributed by atoms with E-state index in [-0.39, 0.29) is 11.9 Å². The second-order valence-electron chi connectivity index (χ2n) is 4.87. The van der Waals surface area contributed by atoms with Crippen LogP contribution in [0.4, 0.5) is 0 Å². The minimum absolute atomic E-state index is 0.00731. The predicted octanol–water partition coefficient (Wildman–Crippen LogP) is 1.78. The Hall–Kier alpha value is -2.24. The highest BCUT2D eigenvalue weighted by atomic mass is 16.5. The van der Waals surface area contributed by atoms with Crippen molar-refractivity contribution in [2.24, 2.45) is 0 Å². The van der Waals surface area contributed by atoms with E-state index in [1.807, 2.05) is 6.92 Å². The Morgan fingerprint density at radius 1 is 1.40 bits per heavy atom. The number of carbonyl (C=O) groups excluding carboxylic acids is 1. The molecule has 1 unspecified atom stereocenters. The third-order valence-electron chi connectivity index (χ3n) is 3.35. The Morgan fingerprint density at radius 2 is 2.15 bits per heavy atom. The smallest absolute Gasteiger partial charge is 0.259 e. The highest BCUT2D eigenvalue weighted by Crippen LogP contribution is 2.16. The van der Waals surface area contributed by atoms with Crippen LogP contribution in [0.15, 0.2) is 23.1 Å². The lowest BCUT2D eigenvalue weighted by Gasteiger charge is -2.24.